The van der Waals surface area contributed by atoms with Crippen molar-refractivity contribution in [3.05, 3.63) is 35.9 Å². The molecule has 0 aromatic heterocycles. The van der Waals surface area contributed by atoms with Gasteiger partial charge in [0.05, 0.1) is 0 Å². The van der Waals surface area contributed by atoms with Crippen molar-refractivity contribution in [2.45, 2.75) is 71.1 Å². The van der Waals surface area contributed by atoms with Crippen LogP contribution >= 0.6 is 0 Å². The van der Waals surface area contributed by atoms with E-state index in [1.807, 2.05) is 0 Å². The quantitative estimate of drug-likeness (QED) is 0.613. The predicted molar refractivity (Wildman–Crippen MR) is 91.3 cm³/mol. The standard InChI is InChI=1S/C21H32/c1-2-17-8-12-20(13-9-17)21-14-10-19(11-15-21)16-18-6-4-3-5-7-18/h3-7,17,19-21H,2,8-16H2,1H3/t17-,19?,20-,21?. The number of hydrogen-bond donors (Lipinski definition) is 0. The molecule has 0 unspecified atom stereocenters. The molecule has 0 radical (unpaired) electrons. The fourth-order valence-corrected chi connectivity index (χ4v) is 4.88. The van der Waals surface area contributed by atoms with Gasteiger partial charge in [-0.15, -0.1) is 0 Å². The highest BCUT2D eigenvalue weighted by Gasteiger charge is 2.30. The molecule has 2 saturated carbocycles. The second-order valence-electron chi connectivity index (χ2n) is 7.66. The average Bonchev–Trinajstić information content (AvgIpc) is 2.57. The Morgan fingerprint density at radius 3 is 1.76 bits per heavy atom. The maximum Gasteiger partial charge on any atom is -0.0250 e. The molecule has 1 aromatic rings. The van der Waals surface area contributed by atoms with Crippen molar-refractivity contribution in [3.8, 4) is 0 Å². The number of benzene rings is 1. The predicted octanol–water partition coefficient (Wildman–Crippen LogP) is 6.25. The summed E-state index contributed by atoms with van der Waals surface area (Å²) in [5.74, 6) is 4.15. The molecule has 0 heterocycles. The molecule has 21 heavy (non-hydrogen) atoms. The molecular formula is C21H32. The number of hydrogen-bond acceptors (Lipinski definition) is 0. The average molecular weight is 284 g/mol. The molecular weight excluding hydrogens is 252 g/mol. The lowest BCUT2D eigenvalue weighted by Gasteiger charge is -2.37. The van der Waals surface area contributed by atoms with Gasteiger partial charge < -0.3 is 0 Å². The molecule has 0 nitrogen and oxygen atoms in total. The summed E-state index contributed by atoms with van der Waals surface area (Å²) >= 11 is 0. The van der Waals surface area contributed by atoms with Crippen molar-refractivity contribution in [2.24, 2.45) is 23.7 Å². The van der Waals surface area contributed by atoms with Crippen LogP contribution in [0.3, 0.4) is 0 Å². The third-order valence-electron chi connectivity index (χ3n) is 6.39. The molecule has 0 amide bonds. The summed E-state index contributed by atoms with van der Waals surface area (Å²) in [6.07, 6.45) is 14.8. The van der Waals surface area contributed by atoms with E-state index >= 15 is 0 Å². The molecule has 0 saturated heterocycles. The zero-order chi connectivity index (χ0) is 14.5. The van der Waals surface area contributed by atoms with Crippen LogP contribution in [0.15, 0.2) is 30.3 Å². The van der Waals surface area contributed by atoms with Gasteiger partial charge in [0.1, 0.15) is 0 Å². The monoisotopic (exact) mass is 284 g/mol. The van der Waals surface area contributed by atoms with Gasteiger partial charge in [-0.1, -0.05) is 56.5 Å². The first-order valence-electron chi connectivity index (χ1n) is 9.39. The first-order chi connectivity index (χ1) is 10.3. The third-order valence-corrected chi connectivity index (χ3v) is 6.39. The van der Waals surface area contributed by atoms with Crippen molar-refractivity contribution < 1.29 is 0 Å². The molecule has 3 rings (SSSR count). The first-order valence-corrected chi connectivity index (χ1v) is 9.39. The van der Waals surface area contributed by atoms with Gasteiger partial charge in [0.2, 0.25) is 0 Å². The minimum Gasteiger partial charge on any atom is -0.0651 e. The Labute approximate surface area is 131 Å². The fourth-order valence-electron chi connectivity index (χ4n) is 4.88. The molecule has 0 spiro atoms. The van der Waals surface area contributed by atoms with Crippen LogP contribution in [0, 0.1) is 23.7 Å². The van der Waals surface area contributed by atoms with Crippen molar-refractivity contribution in [3.63, 3.8) is 0 Å². The Morgan fingerprint density at radius 2 is 1.24 bits per heavy atom. The SMILES string of the molecule is CC[C@H]1CC[C@H](C2CCC(Cc3ccccc3)CC2)CC1. The Bertz CT molecular complexity index is 391. The zero-order valence-electron chi connectivity index (χ0n) is 13.8. The van der Waals surface area contributed by atoms with Crippen LogP contribution in [0.5, 0.6) is 0 Å². The summed E-state index contributed by atoms with van der Waals surface area (Å²) in [6.45, 7) is 2.37. The van der Waals surface area contributed by atoms with Crippen LogP contribution in [0.1, 0.15) is 70.3 Å². The van der Waals surface area contributed by atoms with E-state index in [1.165, 1.54) is 64.2 Å². The second-order valence-corrected chi connectivity index (χ2v) is 7.66. The van der Waals surface area contributed by atoms with Gasteiger partial charge in [-0.3, -0.25) is 0 Å². The Hall–Kier alpha value is -0.780. The maximum atomic E-state index is 2.37. The highest BCUT2D eigenvalue weighted by Crippen LogP contribution is 2.42. The largest absolute Gasteiger partial charge is 0.0651 e. The molecule has 0 atom stereocenters. The van der Waals surface area contributed by atoms with Gasteiger partial charge >= 0.3 is 0 Å². The molecule has 2 aliphatic rings. The summed E-state index contributed by atoms with van der Waals surface area (Å²) < 4.78 is 0. The van der Waals surface area contributed by atoms with E-state index < -0.39 is 0 Å². The van der Waals surface area contributed by atoms with Crippen LogP contribution in [0.25, 0.3) is 0 Å². The van der Waals surface area contributed by atoms with E-state index in [0.29, 0.717) is 0 Å². The lowest BCUT2D eigenvalue weighted by Crippen LogP contribution is -2.26. The molecule has 2 fully saturated rings. The normalized spacial score (nSPS) is 33.8. The lowest BCUT2D eigenvalue weighted by atomic mass is 9.68. The second kappa shape index (κ2) is 7.47. The van der Waals surface area contributed by atoms with Gasteiger partial charge in [0.25, 0.3) is 0 Å². The summed E-state index contributed by atoms with van der Waals surface area (Å²) in [6, 6.07) is 11.1. The van der Waals surface area contributed by atoms with E-state index in [9.17, 15) is 0 Å². The van der Waals surface area contributed by atoms with E-state index in [4.69, 9.17) is 0 Å². The topological polar surface area (TPSA) is 0 Å². The fraction of sp³-hybridized carbons (Fsp3) is 0.714. The number of rotatable bonds is 4. The van der Waals surface area contributed by atoms with Crippen LogP contribution in [0.4, 0.5) is 0 Å². The van der Waals surface area contributed by atoms with Gasteiger partial charge in [-0.25, -0.2) is 0 Å². The van der Waals surface area contributed by atoms with E-state index in [0.717, 1.165) is 23.7 Å². The van der Waals surface area contributed by atoms with Crippen molar-refractivity contribution in [2.75, 3.05) is 0 Å². The van der Waals surface area contributed by atoms with Crippen LogP contribution in [0.2, 0.25) is 0 Å². The van der Waals surface area contributed by atoms with E-state index in [1.54, 1.807) is 5.56 Å². The molecule has 0 N–H and O–H groups in total. The summed E-state index contributed by atoms with van der Waals surface area (Å²) in [4.78, 5) is 0. The van der Waals surface area contributed by atoms with E-state index in [2.05, 4.69) is 37.3 Å². The lowest BCUT2D eigenvalue weighted by molar-refractivity contribution is 0.145. The summed E-state index contributed by atoms with van der Waals surface area (Å²) in [5, 5.41) is 0. The summed E-state index contributed by atoms with van der Waals surface area (Å²) in [7, 11) is 0. The zero-order valence-corrected chi connectivity index (χ0v) is 13.8. The molecule has 2 aliphatic carbocycles. The minimum atomic E-state index is 0.954. The van der Waals surface area contributed by atoms with Crippen LogP contribution in [-0.4, -0.2) is 0 Å². The maximum absolute atomic E-state index is 2.37. The Kier molecular flexibility index (Phi) is 5.38. The van der Waals surface area contributed by atoms with E-state index in [-0.39, 0.29) is 0 Å². The van der Waals surface area contributed by atoms with Gasteiger partial charge in [0, 0.05) is 0 Å². The van der Waals surface area contributed by atoms with Gasteiger partial charge in [-0.05, 0) is 74.2 Å². The molecule has 1 aromatic carbocycles. The minimum absolute atomic E-state index is 0.954. The smallest absolute Gasteiger partial charge is 0.0250 e. The highest BCUT2D eigenvalue weighted by molar-refractivity contribution is 5.15. The van der Waals surface area contributed by atoms with Crippen molar-refractivity contribution in [1.82, 2.24) is 0 Å². The molecule has 0 aliphatic heterocycles. The van der Waals surface area contributed by atoms with Crippen LogP contribution in [-0.2, 0) is 6.42 Å². The van der Waals surface area contributed by atoms with Gasteiger partial charge in [0.15, 0.2) is 0 Å². The highest BCUT2D eigenvalue weighted by atomic mass is 14.4. The van der Waals surface area contributed by atoms with Crippen molar-refractivity contribution >= 4 is 0 Å². The molecule has 0 heteroatoms. The van der Waals surface area contributed by atoms with Crippen molar-refractivity contribution in [1.29, 1.82) is 0 Å². The Morgan fingerprint density at radius 1 is 0.714 bits per heavy atom. The first kappa shape index (κ1) is 15.1. The van der Waals surface area contributed by atoms with Crippen LogP contribution < -0.4 is 0 Å². The summed E-state index contributed by atoms with van der Waals surface area (Å²) in [5.41, 5.74) is 1.55. The third kappa shape index (κ3) is 4.11. The van der Waals surface area contributed by atoms with Gasteiger partial charge in [-0.2, -0.15) is 0 Å². The molecule has 0 bridgehead atoms. The molecule has 116 valence electrons. The Balaban J connectivity index is 1.43.